The van der Waals surface area contributed by atoms with Gasteiger partial charge in [0.15, 0.2) is 0 Å². The highest BCUT2D eigenvalue weighted by Gasteiger charge is 2.57. The average molecular weight is 1650 g/mol. The lowest BCUT2D eigenvalue weighted by atomic mass is 9.74. The van der Waals surface area contributed by atoms with Crippen molar-refractivity contribution in [2.75, 3.05) is 101 Å². The first-order chi connectivity index (χ1) is 54.3. The largest absolute Gasteiger partial charge is 0.397 e. The maximum atomic E-state index is 15.9. The molecule has 26 nitrogen and oxygen atoms in total. The summed E-state index contributed by atoms with van der Waals surface area (Å²) in [6.45, 7) is 3.66. The van der Waals surface area contributed by atoms with Gasteiger partial charge in [0.25, 0.3) is 0 Å². The van der Waals surface area contributed by atoms with Gasteiger partial charge >= 0.3 is 12.4 Å². The molecule has 35 heteroatoms. The standard InChI is InChI=1S/C80H123F9N12O14/c1-10-47(3)67-75(111)94(5)46-65(104)95(6)58-23-13-12-16-32-100(74(58)110)62(40-48-24-27-52(28-25-48)79(84,85)86)72(108)93(4)45-63(102)90-57(29-26-50-38-55(82)66(56(83)39-50)80(87,88)89)71(107)101-44-54(115-11-2)42-60(101)70(106)92-78(30-18-31-78)77(113)98(9)68(51-20-14-15-21-51)76(112)97(8)61(73(109)99-33-35-114-36-34-99)43-64(103)96(7)59(69(105)91-67)41-49-19-17-22-53(81)37-49/h47-62,66-68H,10-46H2,1-9H3,(H,90,102)(H,91,105)(H,92,106)/t47-,48?,49?,50?,52?,53?,54+,55?,56?,57-,58-,59-,60-,61-,62-,66?,67-,68-/m0/s1. The fraction of sp³-hybridized carbons (Fsp3) is 0.850. The summed E-state index contributed by atoms with van der Waals surface area (Å²) in [5.41, 5.74) is -1.72. The number of hydrogen-bond acceptors (Lipinski definition) is 14. The highest BCUT2D eigenvalue weighted by atomic mass is 19.4. The molecule has 5 aliphatic carbocycles. The van der Waals surface area contributed by atoms with Crippen LogP contribution in [0.3, 0.4) is 0 Å². The number of carbonyl (C=O) groups is 12. The molecular formula is C80H123F9N12O14. The van der Waals surface area contributed by atoms with Crippen molar-refractivity contribution in [1.82, 2.24) is 60.0 Å². The van der Waals surface area contributed by atoms with Crippen LogP contribution in [-0.2, 0) is 67.0 Å². The lowest BCUT2D eigenvalue weighted by Gasteiger charge is -2.47. The molecule has 2 bridgehead atoms. The second-order valence-electron chi connectivity index (χ2n) is 34.4. The van der Waals surface area contributed by atoms with Crippen molar-refractivity contribution in [1.29, 1.82) is 0 Å². The maximum absolute atomic E-state index is 15.9. The number of amides is 12. The van der Waals surface area contributed by atoms with Gasteiger partial charge in [-0.3, -0.25) is 57.5 Å². The van der Waals surface area contributed by atoms with E-state index >= 15 is 61.1 Å². The van der Waals surface area contributed by atoms with Gasteiger partial charge in [-0.15, -0.1) is 0 Å². The zero-order chi connectivity index (χ0) is 84.3. The monoisotopic (exact) mass is 1650 g/mol. The van der Waals surface area contributed by atoms with Crippen LogP contribution in [0.5, 0.6) is 0 Å². The summed E-state index contributed by atoms with van der Waals surface area (Å²) in [6, 6.07) is -11.6. The Kier molecular flexibility index (Phi) is 32.0. The molecular weight excluding hydrogens is 1520 g/mol. The Bertz CT molecular complexity index is 3400. The Labute approximate surface area is 669 Å². The number of ether oxygens (including phenoxy) is 2. The molecule has 5 saturated carbocycles. The Morgan fingerprint density at radius 1 is 0.565 bits per heavy atom. The molecule has 4 unspecified atom stereocenters. The fourth-order valence-electron chi connectivity index (χ4n) is 19.3. The molecule has 4 aliphatic heterocycles. The normalized spacial score (nSPS) is 33.5. The molecule has 4 heterocycles. The number of alkyl halides is 9. The highest BCUT2D eigenvalue weighted by Crippen LogP contribution is 2.46. The van der Waals surface area contributed by atoms with E-state index in [9.17, 15) is 35.9 Å². The van der Waals surface area contributed by atoms with Gasteiger partial charge < -0.3 is 69.5 Å². The number of hydrogen-bond donors (Lipinski definition) is 3. The van der Waals surface area contributed by atoms with Gasteiger partial charge in [0, 0.05) is 81.5 Å². The summed E-state index contributed by atoms with van der Waals surface area (Å²) in [5.74, 6) is -17.5. The Morgan fingerprint density at radius 2 is 1.20 bits per heavy atom. The fourth-order valence-corrected chi connectivity index (χ4v) is 19.3. The van der Waals surface area contributed by atoms with Crippen LogP contribution in [0.4, 0.5) is 39.5 Å². The molecule has 1 spiro atoms. The van der Waals surface area contributed by atoms with E-state index in [0.717, 1.165) is 29.4 Å². The number of nitrogens with one attached hydrogen (secondary N) is 3. The first-order valence-electron chi connectivity index (χ1n) is 41.9. The van der Waals surface area contributed by atoms with E-state index < -0.39 is 242 Å². The minimum Gasteiger partial charge on any atom is -0.378 e. The predicted molar refractivity (Wildman–Crippen MR) is 402 cm³/mol. The van der Waals surface area contributed by atoms with Crippen molar-refractivity contribution in [2.45, 2.75) is 291 Å². The molecule has 115 heavy (non-hydrogen) atoms. The van der Waals surface area contributed by atoms with Crippen molar-refractivity contribution in [3.05, 3.63) is 0 Å². The summed E-state index contributed by atoms with van der Waals surface area (Å²) in [7, 11) is 8.01. The van der Waals surface area contributed by atoms with Gasteiger partial charge in [-0.2, -0.15) is 26.3 Å². The number of halogens is 9. The zero-order valence-electron chi connectivity index (χ0n) is 68.3. The third kappa shape index (κ3) is 22.5. The molecule has 9 fully saturated rings. The summed E-state index contributed by atoms with van der Waals surface area (Å²) < 4.78 is 143. The molecule has 0 aromatic rings. The van der Waals surface area contributed by atoms with Gasteiger partial charge in [0.05, 0.1) is 44.7 Å². The van der Waals surface area contributed by atoms with E-state index in [1.807, 2.05) is 0 Å². The predicted octanol–water partition coefficient (Wildman–Crippen LogP) is 7.22. The van der Waals surface area contributed by atoms with Gasteiger partial charge in [-0.1, -0.05) is 58.8 Å². The highest BCUT2D eigenvalue weighted by molar-refractivity contribution is 6.01. The summed E-state index contributed by atoms with van der Waals surface area (Å²) in [5, 5.41) is 8.47. The number of fused-ring (bicyclic) bond motifs is 3. The third-order valence-electron chi connectivity index (χ3n) is 26.7. The van der Waals surface area contributed by atoms with Crippen LogP contribution in [0.15, 0.2) is 0 Å². The number of rotatable bonds is 13. The Hall–Kier alpha value is -7.07. The molecule has 0 aromatic heterocycles. The first-order valence-corrected chi connectivity index (χ1v) is 41.9. The molecule has 650 valence electrons. The van der Waals surface area contributed by atoms with Gasteiger partial charge in [0.2, 0.25) is 70.9 Å². The van der Waals surface area contributed by atoms with Crippen LogP contribution in [-0.4, -0.2) is 307 Å². The number of likely N-dealkylation sites (N-methyl/N-ethyl adjacent to an activating group) is 6. The smallest absolute Gasteiger partial charge is 0.378 e. The lowest BCUT2D eigenvalue weighted by Crippen LogP contribution is -2.68. The minimum atomic E-state index is -5.22. The van der Waals surface area contributed by atoms with Gasteiger partial charge in [-0.25, -0.2) is 13.2 Å². The van der Waals surface area contributed by atoms with Crippen LogP contribution < -0.4 is 16.0 Å². The van der Waals surface area contributed by atoms with Crippen molar-refractivity contribution < 1.29 is 107 Å². The quantitative estimate of drug-likeness (QED) is 0.154. The van der Waals surface area contributed by atoms with E-state index in [1.54, 1.807) is 20.8 Å². The molecule has 4 saturated heterocycles. The summed E-state index contributed by atoms with van der Waals surface area (Å²) in [6.07, 6.45) is -15.8. The van der Waals surface area contributed by atoms with Gasteiger partial charge in [-0.05, 0) is 159 Å². The lowest BCUT2D eigenvalue weighted by molar-refractivity contribution is -0.219. The van der Waals surface area contributed by atoms with Crippen LogP contribution in [0, 0.1) is 41.4 Å². The van der Waals surface area contributed by atoms with Gasteiger partial charge in [0.1, 0.15) is 78.3 Å². The number of morpholine rings is 1. The Morgan fingerprint density at radius 3 is 1.80 bits per heavy atom. The minimum absolute atomic E-state index is 0.00395. The second kappa shape index (κ2) is 40.1. The van der Waals surface area contributed by atoms with Crippen molar-refractivity contribution in [2.24, 2.45) is 41.4 Å². The molecule has 9 aliphatic rings. The van der Waals surface area contributed by atoms with Crippen molar-refractivity contribution in [3.8, 4) is 0 Å². The topological polar surface area (TPSA) is 289 Å². The van der Waals surface area contributed by atoms with Crippen LogP contribution in [0.25, 0.3) is 0 Å². The van der Waals surface area contributed by atoms with E-state index in [2.05, 4.69) is 16.0 Å². The van der Waals surface area contributed by atoms with E-state index in [0.29, 0.717) is 70.6 Å². The summed E-state index contributed by atoms with van der Waals surface area (Å²) >= 11 is 0. The average Bonchev–Trinajstić information content (AvgIpc) is 1.68. The number of carbonyl (C=O) groups excluding carboxylic acids is 12. The molecule has 14 atom stereocenters. The van der Waals surface area contributed by atoms with E-state index in [-0.39, 0.29) is 129 Å². The van der Waals surface area contributed by atoms with Crippen LogP contribution >= 0.6 is 0 Å². The van der Waals surface area contributed by atoms with E-state index in [1.165, 1.54) is 57.0 Å². The first kappa shape index (κ1) is 91.8. The molecule has 0 aromatic carbocycles. The molecule has 3 N–H and O–H groups in total. The summed E-state index contributed by atoms with van der Waals surface area (Å²) in [4.78, 5) is 195. The SMILES string of the molecule is CCO[C@@H]1C[C@H]2C(=O)NC3(CCC3)C(=O)N(C)[C@@H](C3CCCC3)C(=O)N(C)[C@H](C(=O)N3CCOCC3)CC(=O)N(C)[C@@H](CC3CCCC(F)C3)C(=O)N[C@@H]([C@@H](C)CC)C(=O)N(C)CC(=O)N(C)[C@H]3CCCCCN(C3=O)[C@@H](CC3CCC(C(F)(F)F)CC3)C(=O)N(C)CC(=O)N[C@@H](CCC3CC(F)C(C(F)(F)F)C(F)C3)C(=O)N2C1. The van der Waals surface area contributed by atoms with Crippen molar-refractivity contribution in [3.63, 3.8) is 0 Å². The molecule has 12 amide bonds. The molecule has 9 rings (SSSR count). The molecule has 0 radical (unpaired) electrons. The Balaban J connectivity index is 1.12. The van der Waals surface area contributed by atoms with Crippen LogP contribution in [0.2, 0.25) is 0 Å². The van der Waals surface area contributed by atoms with Crippen LogP contribution in [0.1, 0.15) is 201 Å². The van der Waals surface area contributed by atoms with Crippen molar-refractivity contribution >= 4 is 70.9 Å². The second-order valence-corrected chi connectivity index (χ2v) is 34.4. The maximum Gasteiger partial charge on any atom is 0.397 e. The third-order valence-corrected chi connectivity index (χ3v) is 26.7. The zero-order valence-corrected chi connectivity index (χ0v) is 68.3. The van der Waals surface area contributed by atoms with E-state index in [4.69, 9.17) is 9.47 Å². The number of nitrogens with zero attached hydrogens (tertiary/aromatic N) is 9.